The predicted octanol–water partition coefficient (Wildman–Crippen LogP) is -3.75. The molecule has 0 fully saturated rings. The summed E-state index contributed by atoms with van der Waals surface area (Å²) < 4.78 is 0. The minimum absolute atomic E-state index is 0. The first-order valence-electron chi connectivity index (χ1n) is 3.33. The summed E-state index contributed by atoms with van der Waals surface area (Å²) in [6.07, 6.45) is -2.30. The van der Waals surface area contributed by atoms with E-state index < -0.39 is 36.4 Å². The number of carbonyl (C=O) groups is 3. The standard InChI is InChI=1S/C6H8O8.K/c7-3(8)1-6(14-13,5(11)12)2-4(9)10;/h13H,1-2H2,(H,7,8)(H,9,10)(H,11,12);/q;+1. The van der Waals surface area contributed by atoms with Gasteiger partial charge in [-0.25, -0.2) is 9.68 Å². The largest absolute Gasteiger partial charge is 1.00 e. The number of hydrogen-bond acceptors (Lipinski definition) is 5. The monoisotopic (exact) mass is 247 g/mol. The molecule has 0 saturated carbocycles. The molecule has 9 heteroatoms. The van der Waals surface area contributed by atoms with Gasteiger partial charge in [0.15, 0.2) is 0 Å². The predicted molar refractivity (Wildman–Crippen MR) is 38.6 cm³/mol. The smallest absolute Gasteiger partial charge is 0.481 e. The van der Waals surface area contributed by atoms with E-state index in [1.54, 1.807) is 0 Å². The molecule has 0 aliphatic heterocycles. The van der Waals surface area contributed by atoms with Crippen molar-refractivity contribution in [3.63, 3.8) is 0 Å². The van der Waals surface area contributed by atoms with E-state index in [1.165, 1.54) is 0 Å². The molecule has 0 amide bonds. The van der Waals surface area contributed by atoms with Crippen molar-refractivity contribution in [1.29, 1.82) is 0 Å². The van der Waals surface area contributed by atoms with E-state index in [9.17, 15) is 14.4 Å². The van der Waals surface area contributed by atoms with Crippen molar-refractivity contribution in [2.45, 2.75) is 18.4 Å². The summed E-state index contributed by atoms with van der Waals surface area (Å²) in [6, 6.07) is 0. The SMILES string of the molecule is O=C(O)CC(CC(=O)O)(OO)C(=O)O.[K+]. The Bertz CT molecular complexity index is 246. The van der Waals surface area contributed by atoms with E-state index in [0.717, 1.165) is 0 Å². The van der Waals surface area contributed by atoms with Crippen LogP contribution in [0.2, 0.25) is 0 Å². The fraction of sp³-hybridized carbons (Fsp3) is 0.500. The van der Waals surface area contributed by atoms with Crippen LogP contribution in [-0.4, -0.2) is 44.1 Å². The summed E-state index contributed by atoms with van der Waals surface area (Å²) in [7, 11) is 0. The van der Waals surface area contributed by atoms with Crippen LogP contribution >= 0.6 is 0 Å². The van der Waals surface area contributed by atoms with Crippen LogP contribution in [0.25, 0.3) is 0 Å². The molecule has 0 atom stereocenters. The Morgan fingerprint density at radius 2 is 1.33 bits per heavy atom. The topological polar surface area (TPSA) is 141 Å². The molecule has 0 aromatic heterocycles. The first-order valence-corrected chi connectivity index (χ1v) is 3.33. The van der Waals surface area contributed by atoms with Crippen molar-refractivity contribution in [1.82, 2.24) is 0 Å². The van der Waals surface area contributed by atoms with Crippen LogP contribution in [0.1, 0.15) is 12.8 Å². The van der Waals surface area contributed by atoms with E-state index >= 15 is 0 Å². The molecule has 0 rings (SSSR count). The van der Waals surface area contributed by atoms with Crippen LogP contribution in [0.3, 0.4) is 0 Å². The summed E-state index contributed by atoms with van der Waals surface area (Å²) in [5, 5.41) is 33.3. The number of rotatable bonds is 6. The third-order valence-electron chi connectivity index (χ3n) is 1.44. The number of carboxylic acids is 3. The third-order valence-corrected chi connectivity index (χ3v) is 1.44. The van der Waals surface area contributed by atoms with E-state index in [-0.39, 0.29) is 51.4 Å². The first-order chi connectivity index (χ1) is 6.34. The summed E-state index contributed by atoms with van der Waals surface area (Å²) in [5.74, 6) is -5.05. The molecule has 0 aliphatic rings. The molecule has 0 radical (unpaired) electrons. The van der Waals surface area contributed by atoms with Crippen LogP contribution in [0.15, 0.2) is 0 Å². The Hall–Kier alpha value is -0.0336. The van der Waals surface area contributed by atoms with Gasteiger partial charge >= 0.3 is 69.3 Å². The maximum absolute atomic E-state index is 10.5. The van der Waals surface area contributed by atoms with Gasteiger partial charge in [-0.05, 0) is 0 Å². The van der Waals surface area contributed by atoms with E-state index in [1.807, 2.05) is 0 Å². The van der Waals surface area contributed by atoms with Crippen LogP contribution in [0.5, 0.6) is 0 Å². The Morgan fingerprint density at radius 1 is 1.00 bits per heavy atom. The molecule has 0 heterocycles. The van der Waals surface area contributed by atoms with Crippen LogP contribution in [0.4, 0.5) is 0 Å². The van der Waals surface area contributed by atoms with Gasteiger partial charge in [0.2, 0.25) is 5.60 Å². The van der Waals surface area contributed by atoms with Gasteiger partial charge in [0.25, 0.3) is 0 Å². The van der Waals surface area contributed by atoms with Gasteiger partial charge < -0.3 is 15.3 Å². The average Bonchev–Trinajstić information content (AvgIpc) is 2.00. The Kier molecular flexibility index (Phi) is 8.42. The summed E-state index contributed by atoms with van der Waals surface area (Å²) in [6.45, 7) is 0. The van der Waals surface area contributed by atoms with Gasteiger partial charge in [-0.3, -0.25) is 14.8 Å². The van der Waals surface area contributed by atoms with Gasteiger partial charge in [0.1, 0.15) is 0 Å². The fourth-order valence-corrected chi connectivity index (χ4v) is 0.806. The van der Waals surface area contributed by atoms with Crippen molar-refractivity contribution < 1.29 is 91.2 Å². The summed E-state index contributed by atoms with van der Waals surface area (Å²) >= 11 is 0. The number of aliphatic carboxylic acids is 3. The van der Waals surface area contributed by atoms with E-state index in [4.69, 9.17) is 20.6 Å². The summed E-state index contributed by atoms with van der Waals surface area (Å²) in [5.41, 5.74) is -2.64. The second-order valence-electron chi connectivity index (χ2n) is 2.53. The second kappa shape index (κ2) is 7.27. The first kappa shape index (κ1) is 17.4. The zero-order valence-electron chi connectivity index (χ0n) is 7.84. The molecule has 8 nitrogen and oxygen atoms in total. The van der Waals surface area contributed by atoms with Crippen LogP contribution in [0, 0.1) is 0 Å². The van der Waals surface area contributed by atoms with Gasteiger partial charge in [-0.1, -0.05) is 0 Å². The van der Waals surface area contributed by atoms with Crippen molar-refractivity contribution in [2.24, 2.45) is 0 Å². The van der Waals surface area contributed by atoms with Crippen molar-refractivity contribution in [3.05, 3.63) is 0 Å². The zero-order chi connectivity index (χ0) is 11.4. The van der Waals surface area contributed by atoms with Crippen molar-refractivity contribution in [2.75, 3.05) is 0 Å². The quantitative estimate of drug-likeness (QED) is 0.213. The molecule has 80 valence electrons. The van der Waals surface area contributed by atoms with Gasteiger partial charge in [0.05, 0.1) is 12.8 Å². The maximum atomic E-state index is 10.5. The minimum atomic E-state index is -2.64. The molecule has 0 bridgehead atoms. The number of carboxylic acid groups (broad SMARTS) is 3. The second-order valence-corrected chi connectivity index (χ2v) is 2.53. The van der Waals surface area contributed by atoms with Gasteiger partial charge in [-0.2, -0.15) is 0 Å². The van der Waals surface area contributed by atoms with Crippen LogP contribution in [-0.2, 0) is 19.3 Å². The van der Waals surface area contributed by atoms with Crippen LogP contribution < -0.4 is 51.4 Å². The van der Waals surface area contributed by atoms with E-state index in [0.29, 0.717) is 0 Å². The molecule has 0 saturated heterocycles. The molecular weight excluding hydrogens is 239 g/mol. The van der Waals surface area contributed by atoms with Crippen molar-refractivity contribution >= 4 is 17.9 Å². The molecule has 0 unspecified atom stereocenters. The van der Waals surface area contributed by atoms with Gasteiger partial charge in [0, 0.05) is 0 Å². The Balaban J connectivity index is 0. The Labute approximate surface area is 126 Å². The average molecular weight is 247 g/mol. The molecule has 15 heavy (non-hydrogen) atoms. The molecule has 4 N–H and O–H groups in total. The molecule has 0 aromatic rings. The maximum Gasteiger partial charge on any atom is 1.00 e. The molecule has 0 aromatic carbocycles. The normalized spacial score (nSPS) is 10.2. The number of hydrogen-bond donors (Lipinski definition) is 4. The Morgan fingerprint density at radius 3 is 1.47 bits per heavy atom. The van der Waals surface area contributed by atoms with E-state index in [2.05, 4.69) is 4.89 Å². The molecular formula is C6H8KO8+. The summed E-state index contributed by atoms with van der Waals surface area (Å²) in [4.78, 5) is 34.4. The van der Waals surface area contributed by atoms with Gasteiger partial charge in [-0.15, -0.1) is 0 Å². The minimum Gasteiger partial charge on any atom is -0.481 e. The zero-order valence-corrected chi connectivity index (χ0v) is 11.0. The third kappa shape index (κ3) is 5.56. The molecule has 0 aliphatic carbocycles. The molecule has 0 spiro atoms. The fourth-order valence-electron chi connectivity index (χ4n) is 0.806. The van der Waals surface area contributed by atoms with Crippen molar-refractivity contribution in [3.8, 4) is 0 Å².